The molecule has 0 aliphatic carbocycles. The molecule has 0 radical (unpaired) electrons. The molecule has 0 saturated heterocycles. The Bertz CT molecular complexity index is 691. The minimum Gasteiger partial charge on any atom is -0.508 e. The zero-order chi connectivity index (χ0) is 15.3. The van der Waals surface area contributed by atoms with Crippen molar-refractivity contribution in [3.8, 4) is 5.75 Å². The fraction of sp³-hybridized carbons (Fsp3) is 0.235. The highest BCUT2D eigenvalue weighted by atomic mass is 32.2. The number of aromatic hydroxyl groups is 1. The molecule has 0 saturated carbocycles. The van der Waals surface area contributed by atoms with Crippen LogP contribution in [0.5, 0.6) is 5.75 Å². The zero-order valence-electron chi connectivity index (χ0n) is 12.2. The van der Waals surface area contributed by atoms with E-state index in [1.807, 2.05) is 24.3 Å². The summed E-state index contributed by atoms with van der Waals surface area (Å²) in [7, 11) is -2.63. The fourth-order valence-electron chi connectivity index (χ4n) is 2.08. The third-order valence-corrected chi connectivity index (χ3v) is 4.85. The standard InChI is InChI=1S/C17H21NO2S/c1-3-4-6-14-9-11-17(12-10-14)21(2,20)18-15-7-5-8-16(19)13-15/h5,7-13,19H,2-4,6H2,1H3,(H,18,20). The summed E-state index contributed by atoms with van der Waals surface area (Å²) in [4.78, 5) is 0.658. The van der Waals surface area contributed by atoms with E-state index >= 15 is 0 Å². The molecular weight excluding hydrogens is 282 g/mol. The predicted molar refractivity (Wildman–Crippen MR) is 90.3 cm³/mol. The molecule has 4 heteroatoms. The van der Waals surface area contributed by atoms with Gasteiger partial charge in [0.15, 0.2) is 0 Å². The molecule has 0 amide bonds. The normalized spacial score (nSPS) is 13.6. The van der Waals surface area contributed by atoms with Crippen LogP contribution in [0.1, 0.15) is 25.3 Å². The van der Waals surface area contributed by atoms with Gasteiger partial charge in [0.1, 0.15) is 5.75 Å². The zero-order valence-corrected chi connectivity index (χ0v) is 13.0. The molecule has 0 aromatic heterocycles. The van der Waals surface area contributed by atoms with Crippen molar-refractivity contribution in [3.05, 3.63) is 54.1 Å². The van der Waals surface area contributed by atoms with Crippen molar-refractivity contribution in [2.75, 3.05) is 4.72 Å². The largest absolute Gasteiger partial charge is 0.508 e. The van der Waals surface area contributed by atoms with Gasteiger partial charge in [-0.15, -0.1) is 0 Å². The highest BCUT2D eigenvalue weighted by Gasteiger charge is 2.08. The lowest BCUT2D eigenvalue weighted by atomic mass is 10.1. The molecule has 0 fully saturated rings. The maximum absolute atomic E-state index is 12.7. The van der Waals surface area contributed by atoms with Gasteiger partial charge in [-0.3, -0.25) is 0 Å². The summed E-state index contributed by atoms with van der Waals surface area (Å²) in [5, 5.41) is 9.45. The van der Waals surface area contributed by atoms with Gasteiger partial charge in [-0.1, -0.05) is 31.5 Å². The van der Waals surface area contributed by atoms with Gasteiger partial charge in [-0.25, -0.2) is 4.21 Å². The number of phenolic OH excluding ortho intramolecular Hbond substituents is 1. The second-order valence-corrected chi connectivity index (χ2v) is 7.10. The molecule has 0 aliphatic heterocycles. The summed E-state index contributed by atoms with van der Waals surface area (Å²) in [6.45, 7) is 2.16. The number of phenols is 1. The Morgan fingerprint density at radius 2 is 1.90 bits per heavy atom. The van der Waals surface area contributed by atoms with Gasteiger partial charge >= 0.3 is 0 Å². The predicted octanol–water partition coefficient (Wildman–Crippen LogP) is 3.84. The molecule has 2 aromatic carbocycles. The third kappa shape index (κ3) is 4.26. The molecule has 21 heavy (non-hydrogen) atoms. The van der Waals surface area contributed by atoms with E-state index in [4.69, 9.17) is 0 Å². The van der Waals surface area contributed by atoms with E-state index in [0.29, 0.717) is 10.6 Å². The molecule has 0 spiro atoms. The van der Waals surface area contributed by atoms with Gasteiger partial charge in [0.25, 0.3) is 0 Å². The first kappa shape index (κ1) is 15.4. The second-order valence-electron chi connectivity index (χ2n) is 5.08. The lowest BCUT2D eigenvalue weighted by molar-refractivity contribution is 0.475. The summed E-state index contributed by atoms with van der Waals surface area (Å²) in [5.41, 5.74) is 1.83. The van der Waals surface area contributed by atoms with E-state index in [1.54, 1.807) is 18.2 Å². The molecule has 2 N–H and O–H groups in total. The Kier molecular flexibility index (Phi) is 4.91. The fourth-order valence-corrected chi connectivity index (χ4v) is 3.28. The van der Waals surface area contributed by atoms with Crippen LogP contribution in [0.4, 0.5) is 5.69 Å². The van der Waals surface area contributed by atoms with E-state index in [1.165, 1.54) is 11.6 Å². The van der Waals surface area contributed by atoms with E-state index in [0.717, 1.165) is 19.3 Å². The summed E-state index contributed by atoms with van der Waals surface area (Å²) >= 11 is 0. The second kappa shape index (κ2) is 6.68. The lowest BCUT2D eigenvalue weighted by Gasteiger charge is -2.13. The number of aryl methyl sites for hydroxylation is 1. The van der Waals surface area contributed by atoms with Crippen molar-refractivity contribution in [1.29, 1.82) is 0 Å². The minimum atomic E-state index is -2.63. The molecule has 2 rings (SSSR count). The summed E-state index contributed by atoms with van der Waals surface area (Å²) in [6.07, 6.45) is 3.35. The molecule has 112 valence electrons. The average Bonchev–Trinajstić information content (AvgIpc) is 2.45. The van der Waals surface area contributed by atoms with Crippen molar-refractivity contribution < 1.29 is 9.32 Å². The molecule has 2 aromatic rings. The molecule has 3 nitrogen and oxygen atoms in total. The average molecular weight is 303 g/mol. The summed E-state index contributed by atoms with van der Waals surface area (Å²) in [6, 6.07) is 14.3. The molecular formula is C17H21NO2S. The van der Waals surface area contributed by atoms with Gasteiger partial charge in [-0.2, -0.15) is 0 Å². The molecule has 0 heterocycles. The van der Waals surface area contributed by atoms with E-state index in [-0.39, 0.29) is 5.75 Å². The van der Waals surface area contributed by atoms with Crippen molar-refractivity contribution in [3.63, 3.8) is 0 Å². The van der Waals surface area contributed by atoms with Crippen molar-refractivity contribution in [2.24, 2.45) is 0 Å². The topological polar surface area (TPSA) is 49.3 Å². The summed E-state index contributed by atoms with van der Waals surface area (Å²) in [5.74, 6) is 3.92. The quantitative estimate of drug-likeness (QED) is 0.797. The number of rotatable bonds is 6. The number of hydrogen-bond donors (Lipinski definition) is 2. The smallest absolute Gasteiger partial charge is 0.117 e. The number of anilines is 1. The Morgan fingerprint density at radius 1 is 1.19 bits per heavy atom. The van der Waals surface area contributed by atoms with Crippen molar-refractivity contribution >= 4 is 21.3 Å². The monoisotopic (exact) mass is 303 g/mol. The highest BCUT2D eigenvalue weighted by molar-refractivity contribution is 8.01. The van der Waals surface area contributed by atoms with Crippen LogP contribution < -0.4 is 4.72 Å². The van der Waals surface area contributed by atoms with Gasteiger partial charge in [0.2, 0.25) is 0 Å². The van der Waals surface area contributed by atoms with Gasteiger partial charge < -0.3 is 9.83 Å². The van der Waals surface area contributed by atoms with Gasteiger partial charge in [0.05, 0.1) is 9.71 Å². The minimum absolute atomic E-state index is 0.130. The molecule has 1 unspecified atom stereocenters. The Hall–Kier alpha value is -1.94. The lowest BCUT2D eigenvalue weighted by Crippen LogP contribution is -2.12. The third-order valence-electron chi connectivity index (χ3n) is 3.25. The number of hydrogen-bond acceptors (Lipinski definition) is 2. The Balaban J connectivity index is 2.15. The van der Waals surface area contributed by atoms with Crippen LogP contribution in [-0.2, 0) is 16.1 Å². The molecule has 1 atom stereocenters. The van der Waals surface area contributed by atoms with Crippen LogP contribution in [0.2, 0.25) is 0 Å². The van der Waals surface area contributed by atoms with Gasteiger partial charge in [0, 0.05) is 16.6 Å². The first-order valence-electron chi connectivity index (χ1n) is 7.04. The SMILES string of the molecule is C=S(=O)(Nc1cccc(O)c1)c1ccc(CCCC)cc1. The van der Waals surface area contributed by atoms with Crippen LogP contribution in [0.3, 0.4) is 0 Å². The number of benzene rings is 2. The summed E-state index contributed by atoms with van der Waals surface area (Å²) < 4.78 is 15.6. The van der Waals surface area contributed by atoms with E-state index in [2.05, 4.69) is 17.5 Å². The first-order valence-corrected chi connectivity index (χ1v) is 8.77. The van der Waals surface area contributed by atoms with Crippen LogP contribution >= 0.6 is 0 Å². The van der Waals surface area contributed by atoms with Crippen LogP contribution in [0, 0.1) is 0 Å². The Morgan fingerprint density at radius 3 is 2.52 bits per heavy atom. The van der Waals surface area contributed by atoms with Crippen LogP contribution in [0.25, 0.3) is 0 Å². The number of unbranched alkanes of at least 4 members (excludes halogenated alkanes) is 1. The maximum atomic E-state index is 12.7. The number of nitrogens with one attached hydrogen (secondary N) is 1. The highest BCUT2D eigenvalue weighted by Crippen LogP contribution is 2.20. The van der Waals surface area contributed by atoms with E-state index in [9.17, 15) is 9.32 Å². The molecule has 0 bridgehead atoms. The van der Waals surface area contributed by atoms with Crippen LogP contribution in [-0.4, -0.2) is 15.2 Å². The first-order chi connectivity index (χ1) is 10.0. The Labute approximate surface area is 126 Å². The maximum Gasteiger partial charge on any atom is 0.117 e. The van der Waals surface area contributed by atoms with Crippen molar-refractivity contribution in [2.45, 2.75) is 31.1 Å². The van der Waals surface area contributed by atoms with Crippen LogP contribution in [0.15, 0.2) is 53.4 Å². The molecule has 0 aliphatic rings. The van der Waals surface area contributed by atoms with Crippen molar-refractivity contribution in [1.82, 2.24) is 0 Å². The van der Waals surface area contributed by atoms with Gasteiger partial charge in [-0.05, 0) is 48.5 Å². The van der Waals surface area contributed by atoms with E-state index < -0.39 is 9.71 Å².